The van der Waals surface area contributed by atoms with E-state index < -0.39 is 4.92 Å². The number of nitrogens with zero attached hydrogens (tertiary/aromatic N) is 3. The monoisotopic (exact) mass is 285 g/mol. The van der Waals surface area contributed by atoms with E-state index in [1.165, 1.54) is 12.1 Å². The summed E-state index contributed by atoms with van der Waals surface area (Å²) in [6.07, 6.45) is 1.13. The Morgan fingerprint density at radius 1 is 1.29 bits per heavy atom. The van der Waals surface area contributed by atoms with Gasteiger partial charge in [0.25, 0.3) is 5.69 Å². The van der Waals surface area contributed by atoms with Gasteiger partial charge in [-0.3, -0.25) is 10.1 Å². The maximum atomic E-state index is 10.5. The summed E-state index contributed by atoms with van der Waals surface area (Å²) in [5.74, 6) is 0.785. The molecule has 0 saturated heterocycles. The molecule has 6 nitrogen and oxygen atoms in total. The zero-order chi connectivity index (χ0) is 15.8. The molecule has 0 atom stereocenters. The summed E-state index contributed by atoms with van der Waals surface area (Å²) >= 11 is 0. The molecule has 1 aromatic carbocycles. The molecule has 0 aliphatic rings. The van der Waals surface area contributed by atoms with Crippen molar-refractivity contribution in [1.82, 2.24) is 4.98 Å². The van der Waals surface area contributed by atoms with Crippen LogP contribution in [0.5, 0.6) is 11.6 Å². The lowest BCUT2D eigenvalue weighted by Crippen LogP contribution is -1.92. The van der Waals surface area contributed by atoms with Gasteiger partial charge in [-0.05, 0) is 30.7 Å². The van der Waals surface area contributed by atoms with E-state index in [2.05, 4.69) is 11.1 Å². The van der Waals surface area contributed by atoms with E-state index in [4.69, 9.17) is 10.00 Å². The number of hydrogen-bond donors (Lipinski definition) is 0. The third-order valence-corrected chi connectivity index (χ3v) is 2.47. The number of aryl methyl sites for hydroxylation is 1. The van der Waals surface area contributed by atoms with Crippen LogP contribution >= 0.6 is 0 Å². The van der Waals surface area contributed by atoms with Gasteiger partial charge in [-0.15, -0.1) is 0 Å². The van der Waals surface area contributed by atoms with Gasteiger partial charge in [0.15, 0.2) is 0 Å². The average molecular weight is 285 g/mol. The molecule has 21 heavy (non-hydrogen) atoms. The highest BCUT2D eigenvalue weighted by Crippen LogP contribution is 2.23. The Kier molecular flexibility index (Phi) is 5.83. The molecule has 108 valence electrons. The largest absolute Gasteiger partial charge is 0.439 e. The average Bonchev–Trinajstić information content (AvgIpc) is 2.50. The van der Waals surface area contributed by atoms with Gasteiger partial charge in [-0.25, -0.2) is 4.98 Å². The Morgan fingerprint density at radius 2 is 2.00 bits per heavy atom. The highest BCUT2D eigenvalue weighted by atomic mass is 16.6. The van der Waals surface area contributed by atoms with Crippen molar-refractivity contribution in [2.24, 2.45) is 0 Å². The second-order valence-corrected chi connectivity index (χ2v) is 3.80. The molecule has 0 aliphatic carbocycles. The molecule has 1 heterocycles. The number of hydrogen-bond acceptors (Lipinski definition) is 5. The number of pyridine rings is 1. The predicted molar refractivity (Wildman–Crippen MR) is 78.2 cm³/mol. The first-order valence-electron chi connectivity index (χ1n) is 6.39. The highest BCUT2D eigenvalue weighted by Gasteiger charge is 2.07. The molecule has 0 aliphatic heterocycles. The quantitative estimate of drug-likeness (QED) is 0.628. The topological polar surface area (TPSA) is 89.1 Å². The third-order valence-electron chi connectivity index (χ3n) is 2.47. The third kappa shape index (κ3) is 4.28. The van der Waals surface area contributed by atoms with E-state index in [9.17, 15) is 10.1 Å². The summed E-state index contributed by atoms with van der Waals surface area (Å²) in [6.45, 7) is 5.80. The Morgan fingerprint density at radius 3 is 2.48 bits per heavy atom. The van der Waals surface area contributed by atoms with Gasteiger partial charge in [-0.2, -0.15) is 5.26 Å². The number of benzene rings is 1. The van der Waals surface area contributed by atoms with Gasteiger partial charge in [0.05, 0.1) is 16.6 Å². The van der Waals surface area contributed by atoms with Gasteiger partial charge in [-0.1, -0.05) is 13.8 Å². The summed E-state index contributed by atoms with van der Waals surface area (Å²) in [7, 11) is 0. The first-order valence-corrected chi connectivity index (χ1v) is 6.39. The zero-order valence-electron chi connectivity index (χ0n) is 12.0. The zero-order valence-corrected chi connectivity index (χ0v) is 12.0. The van der Waals surface area contributed by atoms with Crippen molar-refractivity contribution in [3.8, 4) is 17.7 Å². The Balaban J connectivity index is 0.00000106. The molecule has 0 fully saturated rings. The maximum absolute atomic E-state index is 10.5. The summed E-state index contributed by atoms with van der Waals surface area (Å²) < 4.78 is 5.45. The van der Waals surface area contributed by atoms with E-state index in [1.807, 2.05) is 13.8 Å². The summed E-state index contributed by atoms with van der Waals surface area (Å²) in [6, 6.07) is 9.81. The lowest BCUT2D eigenvalue weighted by Gasteiger charge is -2.05. The lowest BCUT2D eigenvalue weighted by atomic mass is 10.1. The maximum Gasteiger partial charge on any atom is 0.287 e. The van der Waals surface area contributed by atoms with E-state index in [0.717, 1.165) is 11.8 Å². The fourth-order valence-electron chi connectivity index (χ4n) is 1.49. The van der Waals surface area contributed by atoms with Crippen LogP contribution in [0, 0.1) is 28.4 Å². The summed E-state index contributed by atoms with van der Waals surface area (Å²) in [4.78, 5) is 13.8. The Hall–Kier alpha value is -2.94. The summed E-state index contributed by atoms with van der Waals surface area (Å²) in [5, 5.41) is 19.3. The second-order valence-electron chi connectivity index (χ2n) is 3.80. The van der Waals surface area contributed by atoms with Crippen LogP contribution in [-0.2, 0) is 0 Å². The summed E-state index contributed by atoms with van der Waals surface area (Å²) in [5.41, 5.74) is 1.27. The molecule has 2 aromatic rings. The second kappa shape index (κ2) is 7.60. The van der Waals surface area contributed by atoms with Crippen LogP contribution in [0.2, 0.25) is 0 Å². The molecule has 0 saturated carbocycles. The van der Waals surface area contributed by atoms with Crippen molar-refractivity contribution in [2.75, 3.05) is 0 Å². The van der Waals surface area contributed by atoms with Crippen LogP contribution in [0.3, 0.4) is 0 Å². The standard InChI is InChI=1S/C13H9N3O3.C2H6/c1-9-6-12(4-2-10(9)7-14)19-13-5-3-11(8-15-13)16(17)18;1-2/h2-6,8H,1H3;1-2H3. The van der Waals surface area contributed by atoms with Gasteiger partial charge >= 0.3 is 0 Å². The van der Waals surface area contributed by atoms with Crippen LogP contribution in [-0.4, -0.2) is 9.91 Å². The minimum absolute atomic E-state index is 0.0941. The fourth-order valence-corrected chi connectivity index (χ4v) is 1.49. The normalized spacial score (nSPS) is 9.05. The molecule has 0 N–H and O–H groups in total. The minimum Gasteiger partial charge on any atom is -0.439 e. The van der Waals surface area contributed by atoms with Gasteiger partial charge in [0.1, 0.15) is 11.9 Å². The number of nitriles is 1. The molecular weight excluding hydrogens is 270 g/mol. The van der Waals surface area contributed by atoms with Crippen molar-refractivity contribution in [2.45, 2.75) is 20.8 Å². The first-order chi connectivity index (χ1) is 10.1. The Labute approximate surface area is 122 Å². The molecule has 0 unspecified atom stereocenters. The molecule has 1 aromatic heterocycles. The van der Waals surface area contributed by atoms with Crippen LogP contribution in [0.25, 0.3) is 0 Å². The van der Waals surface area contributed by atoms with E-state index in [0.29, 0.717) is 11.3 Å². The molecule has 2 rings (SSSR count). The molecule has 6 heteroatoms. The lowest BCUT2D eigenvalue weighted by molar-refractivity contribution is -0.385. The van der Waals surface area contributed by atoms with E-state index in [-0.39, 0.29) is 11.6 Å². The minimum atomic E-state index is -0.525. The van der Waals surface area contributed by atoms with Crippen LogP contribution in [0.1, 0.15) is 25.0 Å². The van der Waals surface area contributed by atoms with Crippen molar-refractivity contribution in [3.05, 3.63) is 57.8 Å². The number of rotatable bonds is 3. The van der Waals surface area contributed by atoms with Crippen molar-refractivity contribution in [1.29, 1.82) is 5.26 Å². The number of ether oxygens (including phenoxy) is 1. The molecule has 0 amide bonds. The van der Waals surface area contributed by atoms with Crippen LogP contribution < -0.4 is 4.74 Å². The smallest absolute Gasteiger partial charge is 0.287 e. The number of aromatic nitrogens is 1. The fraction of sp³-hybridized carbons (Fsp3) is 0.200. The van der Waals surface area contributed by atoms with Crippen molar-refractivity contribution in [3.63, 3.8) is 0 Å². The molecule has 0 radical (unpaired) electrons. The van der Waals surface area contributed by atoms with Crippen molar-refractivity contribution < 1.29 is 9.66 Å². The van der Waals surface area contributed by atoms with Gasteiger partial charge in [0, 0.05) is 12.1 Å². The van der Waals surface area contributed by atoms with E-state index in [1.54, 1.807) is 25.1 Å². The molecule has 0 spiro atoms. The first kappa shape index (κ1) is 16.1. The van der Waals surface area contributed by atoms with Crippen LogP contribution in [0.15, 0.2) is 36.5 Å². The van der Waals surface area contributed by atoms with Gasteiger partial charge in [0.2, 0.25) is 5.88 Å². The van der Waals surface area contributed by atoms with Crippen LogP contribution in [0.4, 0.5) is 5.69 Å². The Bertz CT molecular complexity index is 661. The van der Waals surface area contributed by atoms with Crippen molar-refractivity contribution >= 4 is 5.69 Å². The SMILES string of the molecule is CC.Cc1cc(Oc2ccc([N+](=O)[O-])cn2)ccc1C#N. The van der Waals surface area contributed by atoms with Gasteiger partial charge < -0.3 is 4.74 Å². The molecule has 0 bridgehead atoms. The van der Waals surface area contributed by atoms with E-state index >= 15 is 0 Å². The number of nitro groups is 1. The predicted octanol–water partition coefficient (Wildman–Crippen LogP) is 3.99. The molecular formula is C15H15N3O3. The highest BCUT2D eigenvalue weighted by molar-refractivity contribution is 5.43.